The van der Waals surface area contributed by atoms with E-state index in [0.717, 1.165) is 10.2 Å². The smallest absolute Gasteiger partial charge is 0.154 e. The number of carbonyl (C=O) groups is 1. The van der Waals surface area contributed by atoms with Crippen LogP contribution in [0.4, 0.5) is 5.69 Å². The molecular weight excluding hydrogens is 254 g/mol. The summed E-state index contributed by atoms with van der Waals surface area (Å²) in [5, 5.41) is 0. The standard InChI is InChI=1S/C12H14BrNO/c1-12(2)7-11(15)8-14(12)10-5-3-4-9(13)6-10/h3-6H,7-8H2,1-2H3. The number of nitrogens with zero attached hydrogens (tertiary/aromatic N) is 1. The van der Waals surface area contributed by atoms with Crippen LogP contribution in [0.2, 0.25) is 0 Å². The number of halogens is 1. The fourth-order valence-electron chi connectivity index (χ4n) is 2.11. The van der Waals surface area contributed by atoms with E-state index in [1.54, 1.807) is 0 Å². The van der Waals surface area contributed by atoms with Crippen LogP contribution in [0, 0.1) is 0 Å². The second-order valence-corrected chi connectivity index (χ2v) is 5.51. The molecule has 0 saturated carbocycles. The first-order valence-corrected chi connectivity index (χ1v) is 5.83. The topological polar surface area (TPSA) is 20.3 Å². The first-order valence-electron chi connectivity index (χ1n) is 5.04. The summed E-state index contributed by atoms with van der Waals surface area (Å²) in [6.07, 6.45) is 0.638. The van der Waals surface area contributed by atoms with Gasteiger partial charge in [-0.15, -0.1) is 0 Å². The van der Waals surface area contributed by atoms with Crippen molar-refractivity contribution in [1.29, 1.82) is 0 Å². The van der Waals surface area contributed by atoms with E-state index in [1.165, 1.54) is 0 Å². The lowest BCUT2D eigenvalue weighted by Crippen LogP contribution is -2.38. The summed E-state index contributed by atoms with van der Waals surface area (Å²) in [4.78, 5) is 13.6. The molecule has 2 nitrogen and oxygen atoms in total. The largest absolute Gasteiger partial charge is 0.359 e. The van der Waals surface area contributed by atoms with Gasteiger partial charge < -0.3 is 4.90 Å². The van der Waals surface area contributed by atoms with Gasteiger partial charge in [-0.25, -0.2) is 0 Å². The summed E-state index contributed by atoms with van der Waals surface area (Å²) < 4.78 is 1.05. The van der Waals surface area contributed by atoms with E-state index in [1.807, 2.05) is 18.2 Å². The number of anilines is 1. The first-order chi connectivity index (χ1) is 6.99. The monoisotopic (exact) mass is 267 g/mol. The zero-order chi connectivity index (χ0) is 11.1. The van der Waals surface area contributed by atoms with E-state index >= 15 is 0 Å². The van der Waals surface area contributed by atoms with Crippen molar-refractivity contribution in [2.24, 2.45) is 0 Å². The van der Waals surface area contributed by atoms with Crippen molar-refractivity contribution in [2.75, 3.05) is 11.4 Å². The Hall–Kier alpha value is -0.830. The molecule has 0 spiro atoms. The molecule has 2 rings (SSSR count). The highest BCUT2D eigenvalue weighted by atomic mass is 79.9. The first kappa shape index (κ1) is 10.7. The fraction of sp³-hybridized carbons (Fsp3) is 0.417. The van der Waals surface area contributed by atoms with Crippen LogP contribution in [0.25, 0.3) is 0 Å². The second-order valence-electron chi connectivity index (χ2n) is 4.59. The van der Waals surface area contributed by atoms with E-state index in [2.05, 4.69) is 40.7 Å². The fourth-order valence-corrected chi connectivity index (χ4v) is 2.50. The Labute approximate surface area is 98.4 Å². The molecular formula is C12H14BrNO. The molecule has 0 bridgehead atoms. The molecule has 15 heavy (non-hydrogen) atoms. The average Bonchev–Trinajstić information content (AvgIpc) is 2.39. The lowest BCUT2D eigenvalue weighted by Gasteiger charge is -2.32. The van der Waals surface area contributed by atoms with Crippen LogP contribution in [-0.2, 0) is 4.79 Å². The number of Topliss-reactive ketones (excluding diaryl/α,β-unsaturated/α-hetero) is 1. The van der Waals surface area contributed by atoms with Crippen molar-refractivity contribution in [3.8, 4) is 0 Å². The normalized spacial score (nSPS) is 19.7. The van der Waals surface area contributed by atoms with Gasteiger partial charge in [0.1, 0.15) is 0 Å². The summed E-state index contributed by atoms with van der Waals surface area (Å²) >= 11 is 3.45. The van der Waals surface area contributed by atoms with Gasteiger partial charge in [-0.1, -0.05) is 22.0 Å². The Morgan fingerprint density at radius 2 is 2.13 bits per heavy atom. The second kappa shape index (κ2) is 3.63. The highest BCUT2D eigenvalue weighted by Crippen LogP contribution is 2.32. The Morgan fingerprint density at radius 3 is 2.67 bits per heavy atom. The molecule has 3 heteroatoms. The maximum Gasteiger partial charge on any atom is 0.154 e. The Bertz CT molecular complexity index is 400. The van der Waals surface area contributed by atoms with Crippen LogP contribution in [0.3, 0.4) is 0 Å². The number of benzene rings is 1. The third-order valence-corrected chi connectivity index (χ3v) is 3.31. The predicted molar refractivity (Wildman–Crippen MR) is 65.2 cm³/mol. The van der Waals surface area contributed by atoms with Gasteiger partial charge in [0.05, 0.1) is 6.54 Å². The van der Waals surface area contributed by atoms with E-state index in [9.17, 15) is 4.79 Å². The zero-order valence-corrected chi connectivity index (χ0v) is 10.5. The average molecular weight is 268 g/mol. The van der Waals surface area contributed by atoms with E-state index in [0.29, 0.717) is 18.7 Å². The van der Waals surface area contributed by atoms with Crippen LogP contribution >= 0.6 is 15.9 Å². The van der Waals surface area contributed by atoms with Gasteiger partial charge in [0.15, 0.2) is 5.78 Å². The molecule has 1 aromatic carbocycles. The van der Waals surface area contributed by atoms with Crippen molar-refractivity contribution in [2.45, 2.75) is 25.8 Å². The van der Waals surface area contributed by atoms with Crippen LogP contribution in [-0.4, -0.2) is 17.9 Å². The minimum atomic E-state index is -0.0577. The molecule has 0 radical (unpaired) electrons. The molecule has 0 aromatic heterocycles. The summed E-state index contributed by atoms with van der Waals surface area (Å²) in [7, 11) is 0. The van der Waals surface area contributed by atoms with Crippen molar-refractivity contribution < 1.29 is 4.79 Å². The summed E-state index contributed by atoms with van der Waals surface area (Å²) in [5.74, 6) is 0.319. The van der Waals surface area contributed by atoms with Crippen molar-refractivity contribution in [1.82, 2.24) is 0 Å². The molecule has 0 unspecified atom stereocenters. The number of hydrogen-bond acceptors (Lipinski definition) is 2. The summed E-state index contributed by atoms with van der Waals surface area (Å²) in [5.41, 5.74) is 1.05. The Kier molecular flexibility index (Phi) is 2.59. The molecule has 1 fully saturated rings. The highest BCUT2D eigenvalue weighted by Gasteiger charge is 2.37. The van der Waals surface area contributed by atoms with Crippen LogP contribution in [0.15, 0.2) is 28.7 Å². The SMILES string of the molecule is CC1(C)CC(=O)CN1c1cccc(Br)c1. The lowest BCUT2D eigenvalue weighted by molar-refractivity contribution is -0.116. The molecule has 0 aliphatic carbocycles. The third-order valence-electron chi connectivity index (χ3n) is 2.81. The molecule has 0 atom stereocenters. The van der Waals surface area contributed by atoms with E-state index < -0.39 is 0 Å². The molecule has 1 aliphatic heterocycles. The van der Waals surface area contributed by atoms with Crippen molar-refractivity contribution in [3.05, 3.63) is 28.7 Å². The van der Waals surface area contributed by atoms with Crippen molar-refractivity contribution >= 4 is 27.4 Å². The van der Waals surface area contributed by atoms with E-state index in [4.69, 9.17) is 0 Å². The summed E-state index contributed by atoms with van der Waals surface area (Å²) in [6.45, 7) is 4.75. The Balaban J connectivity index is 2.35. The number of ketones is 1. The Morgan fingerprint density at radius 1 is 1.40 bits per heavy atom. The van der Waals surface area contributed by atoms with Crippen LogP contribution in [0.1, 0.15) is 20.3 Å². The molecule has 0 N–H and O–H groups in total. The zero-order valence-electron chi connectivity index (χ0n) is 8.96. The predicted octanol–water partition coefficient (Wildman–Crippen LogP) is 3.01. The molecule has 0 amide bonds. The van der Waals surface area contributed by atoms with Crippen LogP contribution in [0.5, 0.6) is 0 Å². The van der Waals surface area contributed by atoms with Gasteiger partial charge in [0.25, 0.3) is 0 Å². The molecule has 1 aliphatic rings. The number of rotatable bonds is 1. The lowest BCUT2D eigenvalue weighted by atomic mass is 10.0. The molecule has 1 saturated heterocycles. The van der Waals surface area contributed by atoms with Crippen molar-refractivity contribution in [3.63, 3.8) is 0 Å². The maximum atomic E-state index is 11.5. The van der Waals surface area contributed by atoms with Gasteiger partial charge in [0, 0.05) is 22.1 Å². The van der Waals surface area contributed by atoms with Gasteiger partial charge in [-0.05, 0) is 32.0 Å². The third kappa shape index (κ3) is 2.07. The number of carbonyl (C=O) groups excluding carboxylic acids is 1. The maximum absolute atomic E-state index is 11.5. The molecule has 80 valence electrons. The quantitative estimate of drug-likeness (QED) is 0.780. The highest BCUT2D eigenvalue weighted by molar-refractivity contribution is 9.10. The van der Waals surface area contributed by atoms with Gasteiger partial charge in [0.2, 0.25) is 0 Å². The van der Waals surface area contributed by atoms with Gasteiger partial charge >= 0.3 is 0 Å². The molecule has 1 aromatic rings. The summed E-state index contributed by atoms with van der Waals surface area (Å²) in [6, 6.07) is 8.10. The van der Waals surface area contributed by atoms with E-state index in [-0.39, 0.29) is 5.54 Å². The van der Waals surface area contributed by atoms with Gasteiger partial charge in [-0.3, -0.25) is 4.79 Å². The minimum Gasteiger partial charge on any atom is -0.359 e. The van der Waals surface area contributed by atoms with Crippen LogP contribution < -0.4 is 4.90 Å². The van der Waals surface area contributed by atoms with Gasteiger partial charge in [-0.2, -0.15) is 0 Å². The number of hydrogen-bond donors (Lipinski definition) is 0. The minimum absolute atomic E-state index is 0.0577. The molecule has 1 heterocycles.